The Labute approximate surface area is 173 Å². The fourth-order valence-corrected chi connectivity index (χ4v) is 3.79. The Morgan fingerprint density at radius 3 is 2.87 bits per heavy atom. The maximum Gasteiger partial charge on any atom is 0.312 e. The van der Waals surface area contributed by atoms with Crippen molar-refractivity contribution in [2.75, 3.05) is 6.54 Å². The molecule has 1 N–H and O–H groups in total. The lowest BCUT2D eigenvalue weighted by molar-refractivity contribution is 0.0642. The lowest BCUT2D eigenvalue weighted by atomic mass is 9.97. The summed E-state index contributed by atoms with van der Waals surface area (Å²) in [5, 5.41) is 12.8. The third kappa shape index (κ3) is 2.97. The summed E-state index contributed by atoms with van der Waals surface area (Å²) in [6, 6.07) is 5.62. The van der Waals surface area contributed by atoms with E-state index < -0.39 is 6.04 Å². The van der Waals surface area contributed by atoms with E-state index in [2.05, 4.69) is 26.2 Å². The number of aromatic nitrogens is 6. The number of hydrogen-bond acceptors (Lipinski definition) is 6. The molecule has 1 amide bonds. The molecule has 1 atom stereocenters. The van der Waals surface area contributed by atoms with Crippen LogP contribution in [0.3, 0.4) is 0 Å². The van der Waals surface area contributed by atoms with Crippen LogP contribution in [0.15, 0.2) is 35.1 Å². The number of pyridine rings is 1. The molecular formula is C21H23N7O2. The van der Waals surface area contributed by atoms with Gasteiger partial charge in [-0.1, -0.05) is 20.8 Å². The number of aromatic amines is 1. The van der Waals surface area contributed by atoms with Crippen molar-refractivity contribution in [1.29, 1.82) is 0 Å². The van der Waals surface area contributed by atoms with Gasteiger partial charge in [0, 0.05) is 30.3 Å². The van der Waals surface area contributed by atoms with Crippen LogP contribution in [0, 0.1) is 6.92 Å². The molecule has 4 aromatic rings. The number of imidazole rings is 1. The fraction of sp³-hybridized carbons (Fsp3) is 0.381. The Morgan fingerprint density at radius 1 is 1.27 bits per heavy atom. The number of hydrogen-bond donors (Lipinski definition) is 1. The summed E-state index contributed by atoms with van der Waals surface area (Å²) in [4.78, 5) is 22.8. The van der Waals surface area contributed by atoms with Crippen LogP contribution in [-0.2, 0) is 11.8 Å². The lowest BCUT2D eigenvalue weighted by Gasteiger charge is -2.32. The Hall–Kier alpha value is -3.49. The average molecular weight is 405 g/mol. The van der Waals surface area contributed by atoms with Crippen molar-refractivity contribution in [3.05, 3.63) is 65.1 Å². The standard InChI is InChI=1S/C21H23N7O2/c1-12-5-8-28-13(9-12)10-15(26-28)17-16-14(22-11-23-16)6-7-27(17)19(29)18-24-25-20(30-18)21(2,3)4/h5,8-11,17H,6-7H2,1-4H3,(H,22,23). The molecule has 0 aliphatic carbocycles. The van der Waals surface area contributed by atoms with E-state index in [0.29, 0.717) is 18.9 Å². The SMILES string of the molecule is Cc1ccn2nc(C3c4nc[nH]c4CCN3C(=O)c3nnc(C(C)(C)C)o3)cc2c1. The van der Waals surface area contributed by atoms with Crippen molar-refractivity contribution in [1.82, 2.24) is 34.7 Å². The number of nitrogens with one attached hydrogen (secondary N) is 1. The molecule has 5 rings (SSSR count). The van der Waals surface area contributed by atoms with Gasteiger partial charge in [0.2, 0.25) is 5.89 Å². The first-order chi connectivity index (χ1) is 14.3. The highest BCUT2D eigenvalue weighted by Gasteiger charge is 2.38. The van der Waals surface area contributed by atoms with Gasteiger partial charge in [-0.05, 0) is 30.7 Å². The Morgan fingerprint density at radius 2 is 2.10 bits per heavy atom. The molecular weight excluding hydrogens is 382 g/mol. The summed E-state index contributed by atoms with van der Waals surface area (Å²) < 4.78 is 7.54. The van der Waals surface area contributed by atoms with E-state index in [9.17, 15) is 4.79 Å². The van der Waals surface area contributed by atoms with Crippen LogP contribution in [0.5, 0.6) is 0 Å². The molecule has 4 aromatic heterocycles. The predicted molar refractivity (Wildman–Crippen MR) is 108 cm³/mol. The van der Waals surface area contributed by atoms with Gasteiger partial charge in [-0.25, -0.2) is 9.50 Å². The first kappa shape index (κ1) is 18.5. The second-order valence-electron chi connectivity index (χ2n) is 8.72. The third-order valence-electron chi connectivity index (χ3n) is 5.35. The number of rotatable bonds is 2. The molecule has 30 heavy (non-hydrogen) atoms. The van der Waals surface area contributed by atoms with Crippen molar-refractivity contribution < 1.29 is 9.21 Å². The maximum atomic E-state index is 13.4. The predicted octanol–water partition coefficient (Wildman–Crippen LogP) is 2.83. The molecule has 0 radical (unpaired) electrons. The zero-order valence-electron chi connectivity index (χ0n) is 17.4. The number of carbonyl (C=O) groups is 1. The monoisotopic (exact) mass is 405 g/mol. The Balaban J connectivity index is 1.58. The molecule has 0 saturated carbocycles. The minimum absolute atomic E-state index is 0.0106. The second-order valence-corrected chi connectivity index (χ2v) is 8.72. The smallest absolute Gasteiger partial charge is 0.312 e. The molecule has 1 aliphatic heterocycles. The van der Waals surface area contributed by atoms with Crippen molar-refractivity contribution in [2.24, 2.45) is 0 Å². The van der Waals surface area contributed by atoms with Gasteiger partial charge in [0.15, 0.2) is 0 Å². The largest absolute Gasteiger partial charge is 0.416 e. The molecule has 1 unspecified atom stereocenters. The highest BCUT2D eigenvalue weighted by Crippen LogP contribution is 2.34. The molecule has 5 heterocycles. The van der Waals surface area contributed by atoms with Gasteiger partial charge in [0.1, 0.15) is 6.04 Å². The van der Waals surface area contributed by atoms with Crippen LogP contribution in [-0.4, -0.2) is 47.1 Å². The third-order valence-corrected chi connectivity index (χ3v) is 5.35. The normalized spacial score (nSPS) is 16.8. The highest BCUT2D eigenvalue weighted by molar-refractivity contribution is 5.90. The van der Waals surface area contributed by atoms with E-state index in [0.717, 1.165) is 28.2 Å². The molecule has 0 fully saturated rings. The molecule has 0 spiro atoms. The summed E-state index contributed by atoms with van der Waals surface area (Å²) in [7, 11) is 0. The van der Waals surface area contributed by atoms with E-state index >= 15 is 0 Å². The number of fused-ring (bicyclic) bond motifs is 2. The number of aryl methyl sites for hydroxylation is 1. The minimum atomic E-state index is -0.433. The van der Waals surface area contributed by atoms with Crippen molar-refractivity contribution in [3.63, 3.8) is 0 Å². The molecule has 0 aromatic carbocycles. The molecule has 9 nitrogen and oxygen atoms in total. The second kappa shape index (κ2) is 6.51. The van der Waals surface area contributed by atoms with Crippen molar-refractivity contribution in [2.45, 2.75) is 45.6 Å². The Bertz CT molecular complexity index is 1240. The highest BCUT2D eigenvalue weighted by atomic mass is 16.4. The van der Waals surface area contributed by atoms with Crippen molar-refractivity contribution in [3.8, 4) is 0 Å². The number of H-pyrrole nitrogens is 1. The molecule has 0 bridgehead atoms. The van der Waals surface area contributed by atoms with Gasteiger partial charge in [-0.3, -0.25) is 4.79 Å². The molecule has 9 heteroatoms. The summed E-state index contributed by atoms with van der Waals surface area (Å²) in [5.74, 6) is 0.108. The van der Waals surface area contributed by atoms with E-state index in [-0.39, 0.29) is 17.2 Å². The molecule has 154 valence electrons. The van der Waals surface area contributed by atoms with Crippen LogP contribution >= 0.6 is 0 Å². The summed E-state index contributed by atoms with van der Waals surface area (Å²) in [6.45, 7) is 8.43. The summed E-state index contributed by atoms with van der Waals surface area (Å²) >= 11 is 0. The maximum absolute atomic E-state index is 13.4. The van der Waals surface area contributed by atoms with Crippen LogP contribution in [0.2, 0.25) is 0 Å². The van der Waals surface area contributed by atoms with Crippen LogP contribution in [0.1, 0.15) is 66.0 Å². The van der Waals surface area contributed by atoms with Gasteiger partial charge >= 0.3 is 11.8 Å². The minimum Gasteiger partial charge on any atom is -0.416 e. The van der Waals surface area contributed by atoms with E-state index in [1.54, 1.807) is 11.2 Å². The van der Waals surface area contributed by atoms with E-state index in [4.69, 9.17) is 9.52 Å². The summed E-state index contributed by atoms with van der Waals surface area (Å²) in [6.07, 6.45) is 4.25. The fourth-order valence-electron chi connectivity index (χ4n) is 3.79. The number of carbonyl (C=O) groups excluding carboxylic acids is 1. The quantitative estimate of drug-likeness (QED) is 0.550. The Kier molecular flexibility index (Phi) is 4.02. The lowest BCUT2D eigenvalue weighted by Crippen LogP contribution is -2.41. The zero-order chi connectivity index (χ0) is 21.0. The van der Waals surface area contributed by atoms with Crippen LogP contribution in [0.4, 0.5) is 0 Å². The zero-order valence-corrected chi connectivity index (χ0v) is 17.4. The van der Waals surface area contributed by atoms with Gasteiger partial charge in [-0.2, -0.15) is 5.10 Å². The first-order valence-corrected chi connectivity index (χ1v) is 9.94. The van der Waals surface area contributed by atoms with Gasteiger partial charge in [0.25, 0.3) is 0 Å². The number of nitrogens with zero attached hydrogens (tertiary/aromatic N) is 6. The van der Waals surface area contributed by atoms with E-state index in [1.165, 1.54) is 0 Å². The van der Waals surface area contributed by atoms with Gasteiger partial charge < -0.3 is 14.3 Å². The van der Waals surface area contributed by atoms with Crippen molar-refractivity contribution >= 4 is 11.4 Å². The van der Waals surface area contributed by atoms with Gasteiger partial charge in [-0.15, -0.1) is 10.2 Å². The van der Waals surface area contributed by atoms with E-state index in [1.807, 2.05) is 50.5 Å². The van der Waals surface area contributed by atoms with Crippen LogP contribution in [0.25, 0.3) is 5.52 Å². The average Bonchev–Trinajstić information content (AvgIpc) is 3.43. The molecule has 0 saturated heterocycles. The van der Waals surface area contributed by atoms with Gasteiger partial charge in [0.05, 0.1) is 23.2 Å². The number of amides is 1. The van der Waals surface area contributed by atoms with Crippen LogP contribution < -0.4 is 0 Å². The molecule has 1 aliphatic rings. The first-order valence-electron chi connectivity index (χ1n) is 9.94. The topological polar surface area (TPSA) is 105 Å². The summed E-state index contributed by atoms with van der Waals surface area (Å²) in [5.41, 5.74) is 4.34.